The molecule has 0 saturated heterocycles. The van der Waals surface area contributed by atoms with Crippen LogP contribution in [0.3, 0.4) is 0 Å². The second kappa shape index (κ2) is 8.53. The summed E-state index contributed by atoms with van der Waals surface area (Å²) >= 11 is 1.64. The molecule has 5 rings (SSSR count). The molecule has 1 amide bonds. The highest BCUT2D eigenvalue weighted by Gasteiger charge is 2.21. The van der Waals surface area contributed by atoms with Crippen LogP contribution in [0.2, 0.25) is 0 Å². The molecule has 0 aromatic carbocycles. The third kappa shape index (κ3) is 4.03. The highest BCUT2D eigenvalue weighted by atomic mass is 32.1. The maximum Gasteiger partial charge on any atom is 0.259 e. The van der Waals surface area contributed by atoms with E-state index in [0.29, 0.717) is 25.2 Å². The molecule has 0 radical (unpaired) electrons. The average molecular weight is 441 g/mol. The van der Waals surface area contributed by atoms with E-state index in [9.17, 15) is 9.59 Å². The molecule has 4 heterocycles. The molecule has 164 valence electrons. The number of hydrogen-bond donors (Lipinski definition) is 1. The topological polar surface area (TPSA) is 96.8 Å². The van der Waals surface area contributed by atoms with Crippen molar-refractivity contribution in [2.75, 3.05) is 7.05 Å². The van der Waals surface area contributed by atoms with Crippen molar-refractivity contribution in [2.45, 2.75) is 77.3 Å². The fraction of sp³-hybridized carbons (Fsp3) is 0.591. The molecule has 0 atom stereocenters. The SMILES string of the molecule is CN(Cc1nnc2n1CCCCC2)C(=O)CCc1nc2sc3c(c2c(=O)[nH]1)CCCC3. The molecule has 31 heavy (non-hydrogen) atoms. The first-order valence-corrected chi connectivity index (χ1v) is 12.1. The minimum Gasteiger partial charge on any atom is -0.338 e. The molecule has 0 fully saturated rings. The van der Waals surface area contributed by atoms with E-state index in [0.717, 1.165) is 66.9 Å². The standard InChI is InChI=1S/C22H28N6O2S/c1-27(13-18-26-25-17-9-3-2-6-12-28(17)18)19(29)11-10-16-23-21(30)20-14-7-4-5-8-15(14)31-22(20)24-16/h2-13H2,1H3,(H,23,24,30). The zero-order chi connectivity index (χ0) is 21.4. The van der Waals surface area contributed by atoms with Crippen LogP contribution in [0.25, 0.3) is 10.2 Å². The minimum atomic E-state index is -0.0636. The molecule has 2 aliphatic rings. The maximum absolute atomic E-state index is 12.7. The fourth-order valence-corrected chi connectivity index (χ4v) is 5.99. The van der Waals surface area contributed by atoms with E-state index < -0.39 is 0 Å². The Hall–Kier alpha value is -2.55. The van der Waals surface area contributed by atoms with Crippen molar-refractivity contribution in [2.24, 2.45) is 0 Å². The lowest BCUT2D eigenvalue weighted by Gasteiger charge is -2.17. The number of amides is 1. The van der Waals surface area contributed by atoms with Crippen molar-refractivity contribution < 1.29 is 4.79 Å². The van der Waals surface area contributed by atoms with Crippen molar-refractivity contribution in [1.29, 1.82) is 0 Å². The Bertz CT molecular complexity index is 1180. The van der Waals surface area contributed by atoms with Gasteiger partial charge in [0.05, 0.1) is 11.9 Å². The predicted molar refractivity (Wildman–Crippen MR) is 119 cm³/mol. The van der Waals surface area contributed by atoms with Crippen molar-refractivity contribution in [3.63, 3.8) is 0 Å². The number of hydrogen-bond acceptors (Lipinski definition) is 6. The largest absolute Gasteiger partial charge is 0.338 e. The van der Waals surface area contributed by atoms with E-state index >= 15 is 0 Å². The second-order valence-electron chi connectivity index (χ2n) is 8.65. The Labute approximate surface area is 184 Å². The van der Waals surface area contributed by atoms with Crippen LogP contribution in [0, 0.1) is 0 Å². The number of thiophene rings is 1. The zero-order valence-corrected chi connectivity index (χ0v) is 18.8. The Morgan fingerprint density at radius 1 is 1.13 bits per heavy atom. The quantitative estimate of drug-likeness (QED) is 0.658. The van der Waals surface area contributed by atoms with Crippen molar-refractivity contribution in [3.8, 4) is 0 Å². The number of fused-ring (bicyclic) bond motifs is 4. The molecule has 0 spiro atoms. The van der Waals surface area contributed by atoms with Crippen molar-refractivity contribution >= 4 is 27.5 Å². The molecular weight excluding hydrogens is 412 g/mol. The summed E-state index contributed by atoms with van der Waals surface area (Å²) in [7, 11) is 1.80. The first kappa shape index (κ1) is 20.4. The van der Waals surface area contributed by atoms with Crippen LogP contribution in [-0.2, 0) is 43.6 Å². The van der Waals surface area contributed by atoms with E-state index in [1.807, 2.05) is 0 Å². The van der Waals surface area contributed by atoms with Gasteiger partial charge in [0.2, 0.25) is 5.91 Å². The van der Waals surface area contributed by atoms with Gasteiger partial charge in [-0.3, -0.25) is 9.59 Å². The van der Waals surface area contributed by atoms with E-state index in [2.05, 4.69) is 24.7 Å². The van der Waals surface area contributed by atoms with Crippen molar-refractivity contribution in [3.05, 3.63) is 38.3 Å². The number of H-pyrrole nitrogens is 1. The maximum atomic E-state index is 12.7. The number of rotatable bonds is 5. The van der Waals surface area contributed by atoms with E-state index in [1.54, 1.807) is 23.3 Å². The Kier molecular flexibility index (Phi) is 5.60. The third-order valence-corrected chi connectivity index (χ3v) is 7.63. The first-order chi connectivity index (χ1) is 15.1. The summed E-state index contributed by atoms with van der Waals surface area (Å²) in [5.74, 6) is 2.49. The molecule has 0 unspecified atom stereocenters. The molecule has 3 aromatic heterocycles. The molecule has 0 saturated carbocycles. The summed E-state index contributed by atoms with van der Waals surface area (Å²) in [4.78, 5) is 36.8. The molecule has 9 heteroatoms. The summed E-state index contributed by atoms with van der Waals surface area (Å²) in [5.41, 5.74) is 1.13. The van der Waals surface area contributed by atoms with Crippen LogP contribution in [0.15, 0.2) is 4.79 Å². The molecule has 1 aliphatic carbocycles. The minimum absolute atomic E-state index is 0.0131. The van der Waals surface area contributed by atoms with Crippen LogP contribution in [0.1, 0.15) is 66.4 Å². The van der Waals surface area contributed by atoms with Gasteiger partial charge in [-0.2, -0.15) is 0 Å². The smallest absolute Gasteiger partial charge is 0.259 e. The number of nitrogens with one attached hydrogen (secondary N) is 1. The summed E-state index contributed by atoms with van der Waals surface area (Å²) in [6.45, 7) is 1.38. The summed E-state index contributed by atoms with van der Waals surface area (Å²) in [5, 5.41) is 9.40. The van der Waals surface area contributed by atoms with Gasteiger partial charge in [-0.25, -0.2) is 4.98 Å². The van der Waals surface area contributed by atoms with E-state index in [4.69, 9.17) is 0 Å². The number of aryl methyl sites for hydroxylation is 4. The molecule has 3 aromatic rings. The summed E-state index contributed by atoms with van der Waals surface area (Å²) in [6, 6.07) is 0. The number of aromatic amines is 1. The zero-order valence-electron chi connectivity index (χ0n) is 17.9. The Morgan fingerprint density at radius 2 is 1.97 bits per heavy atom. The van der Waals surface area contributed by atoms with Gasteiger partial charge in [0.1, 0.15) is 16.5 Å². The van der Waals surface area contributed by atoms with Gasteiger partial charge < -0.3 is 14.5 Å². The number of aromatic nitrogens is 5. The third-order valence-electron chi connectivity index (χ3n) is 6.44. The van der Waals surface area contributed by atoms with Crippen LogP contribution >= 0.6 is 11.3 Å². The van der Waals surface area contributed by atoms with Gasteiger partial charge in [0, 0.05) is 37.7 Å². The molecule has 8 nitrogen and oxygen atoms in total. The lowest BCUT2D eigenvalue weighted by atomic mass is 9.97. The van der Waals surface area contributed by atoms with Crippen LogP contribution in [-0.4, -0.2) is 42.6 Å². The predicted octanol–water partition coefficient (Wildman–Crippen LogP) is 2.77. The average Bonchev–Trinajstić information content (AvgIpc) is 3.23. The van der Waals surface area contributed by atoms with Crippen LogP contribution in [0.5, 0.6) is 0 Å². The highest BCUT2D eigenvalue weighted by Crippen LogP contribution is 2.33. The molecular formula is C22H28N6O2S. The van der Waals surface area contributed by atoms with Gasteiger partial charge in [0.25, 0.3) is 5.56 Å². The second-order valence-corrected chi connectivity index (χ2v) is 9.73. The molecule has 1 N–H and O–H groups in total. The monoisotopic (exact) mass is 440 g/mol. The van der Waals surface area contributed by atoms with Gasteiger partial charge in [0.15, 0.2) is 5.82 Å². The summed E-state index contributed by atoms with van der Waals surface area (Å²) < 4.78 is 2.17. The van der Waals surface area contributed by atoms with Crippen LogP contribution < -0.4 is 5.56 Å². The van der Waals surface area contributed by atoms with E-state index in [1.165, 1.54) is 23.3 Å². The number of carbonyl (C=O) groups is 1. The van der Waals surface area contributed by atoms with Gasteiger partial charge in [-0.1, -0.05) is 6.42 Å². The number of carbonyl (C=O) groups excluding carboxylic acids is 1. The van der Waals surface area contributed by atoms with Gasteiger partial charge in [-0.05, 0) is 44.1 Å². The normalized spacial score (nSPS) is 16.0. The molecule has 0 bridgehead atoms. The summed E-state index contributed by atoms with van der Waals surface area (Å²) in [6.07, 6.45) is 9.50. The van der Waals surface area contributed by atoms with Crippen LogP contribution in [0.4, 0.5) is 0 Å². The van der Waals surface area contributed by atoms with E-state index in [-0.39, 0.29) is 11.5 Å². The molecule has 1 aliphatic heterocycles. The van der Waals surface area contributed by atoms with Gasteiger partial charge in [-0.15, -0.1) is 21.5 Å². The lowest BCUT2D eigenvalue weighted by molar-refractivity contribution is -0.130. The van der Waals surface area contributed by atoms with Crippen molar-refractivity contribution in [1.82, 2.24) is 29.6 Å². The van der Waals surface area contributed by atoms with Gasteiger partial charge >= 0.3 is 0 Å². The lowest BCUT2D eigenvalue weighted by Crippen LogP contribution is -2.28. The fourth-order valence-electron chi connectivity index (χ4n) is 4.71. The highest BCUT2D eigenvalue weighted by molar-refractivity contribution is 7.18. The Balaban J connectivity index is 1.25. The first-order valence-electron chi connectivity index (χ1n) is 11.3. The number of nitrogens with zero attached hydrogens (tertiary/aromatic N) is 5. The Morgan fingerprint density at radius 3 is 2.87 bits per heavy atom.